The number of carbonyl (C=O) groups excluding carboxylic acids is 1. The van der Waals surface area contributed by atoms with Gasteiger partial charge in [0.2, 0.25) is 0 Å². The summed E-state index contributed by atoms with van der Waals surface area (Å²) in [5.41, 5.74) is 0.973. The number of hydrogen-bond donors (Lipinski definition) is 0. The van der Waals surface area contributed by atoms with Crippen LogP contribution in [0.1, 0.15) is 19.7 Å². The van der Waals surface area contributed by atoms with E-state index in [1.165, 1.54) is 6.92 Å². The fraction of sp³-hybridized carbons (Fsp3) is 0.235. The van der Waals surface area contributed by atoms with Gasteiger partial charge in [0, 0.05) is 5.39 Å². The number of rotatable bonds is 5. The lowest BCUT2D eigenvalue weighted by Crippen LogP contribution is -2.29. The molecule has 0 unspecified atom stereocenters. The minimum Gasteiger partial charge on any atom is -0.491 e. The van der Waals surface area contributed by atoms with Crippen molar-refractivity contribution < 1.29 is 9.53 Å². The van der Waals surface area contributed by atoms with Crippen molar-refractivity contribution in [2.45, 2.75) is 20.4 Å². The van der Waals surface area contributed by atoms with Crippen LogP contribution in [-0.2, 0) is 16.1 Å². The Labute approximate surface area is 132 Å². The van der Waals surface area contributed by atoms with E-state index in [-0.39, 0.29) is 17.9 Å². The van der Waals surface area contributed by atoms with Gasteiger partial charge in [0.25, 0.3) is 5.56 Å². The van der Waals surface area contributed by atoms with Crippen LogP contribution in [0.25, 0.3) is 22.2 Å². The molecule has 118 valence electrons. The molecule has 0 spiro atoms. The molecule has 0 amide bonds. The van der Waals surface area contributed by atoms with Gasteiger partial charge in [-0.05, 0) is 26.0 Å². The first-order valence-electron chi connectivity index (χ1n) is 7.35. The summed E-state index contributed by atoms with van der Waals surface area (Å²) in [4.78, 5) is 24.0. The number of ether oxygens (including phenoxy) is 1. The van der Waals surface area contributed by atoms with Crippen LogP contribution in [0.4, 0.5) is 0 Å². The number of ketones is 1. The SMILES string of the molecule is C=C(OCC)c1nn(CC(C)=O)c(=O)c2cc3ccccc3n12. The minimum absolute atomic E-state index is 0.0801. The van der Waals surface area contributed by atoms with Crippen molar-refractivity contribution >= 4 is 28.0 Å². The molecule has 2 aromatic heterocycles. The number of Topliss-reactive ketones (excluding diaryl/α,β-unsaturated/α-hetero) is 1. The van der Waals surface area contributed by atoms with Gasteiger partial charge in [0.15, 0.2) is 17.4 Å². The Bertz CT molecular complexity index is 982. The van der Waals surface area contributed by atoms with Crippen molar-refractivity contribution in [1.29, 1.82) is 0 Å². The summed E-state index contributed by atoms with van der Waals surface area (Å²) in [6.07, 6.45) is 0. The maximum Gasteiger partial charge on any atom is 0.291 e. The van der Waals surface area contributed by atoms with E-state index >= 15 is 0 Å². The molecule has 23 heavy (non-hydrogen) atoms. The normalized spacial score (nSPS) is 11.0. The zero-order chi connectivity index (χ0) is 16.6. The maximum absolute atomic E-state index is 12.6. The average molecular weight is 311 g/mol. The first-order valence-corrected chi connectivity index (χ1v) is 7.35. The third-order valence-corrected chi connectivity index (χ3v) is 3.53. The van der Waals surface area contributed by atoms with Crippen LogP contribution in [0.5, 0.6) is 0 Å². The lowest BCUT2D eigenvalue weighted by atomic mass is 10.2. The topological polar surface area (TPSA) is 65.6 Å². The van der Waals surface area contributed by atoms with Gasteiger partial charge in [-0.15, -0.1) is 5.10 Å². The fourth-order valence-corrected chi connectivity index (χ4v) is 2.61. The second-order valence-electron chi connectivity index (χ2n) is 5.27. The van der Waals surface area contributed by atoms with Crippen LogP contribution in [0.15, 0.2) is 41.7 Å². The van der Waals surface area contributed by atoms with Gasteiger partial charge >= 0.3 is 0 Å². The highest BCUT2D eigenvalue weighted by atomic mass is 16.5. The third-order valence-electron chi connectivity index (χ3n) is 3.53. The molecule has 0 aliphatic heterocycles. The number of aromatic nitrogens is 3. The Morgan fingerprint density at radius 1 is 1.30 bits per heavy atom. The summed E-state index contributed by atoms with van der Waals surface area (Å²) in [7, 11) is 0. The third kappa shape index (κ3) is 2.52. The lowest BCUT2D eigenvalue weighted by molar-refractivity contribution is -0.117. The standard InChI is InChI=1S/C17H17N3O3/c1-4-23-12(3)16-18-19(10-11(2)21)17(22)15-9-13-7-5-6-8-14(13)20(15)16/h5-9H,3-4,10H2,1-2H3. The van der Waals surface area contributed by atoms with Crippen molar-refractivity contribution in [3.05, 3.63) is 53.1 Å². The zero-order valence-electron chi connectivity index (χ0n) is 13.1. The maximum atomic E-state index is 12.6. The van der Waals surface area contributed by atoms with Gasteiger partial charge in [0.1, 0.15) is 12.1 Å². The van der Waals surface area contributed by atoms with Gasteiger partial charge in [-0.1, -0.05) is 24.8 Å². The smallest absolute Gasteiger partial charge is 0.291 e. The minimum atomic E-state index is -0.315. The van der Waals surface area contributed by atoms with E-state index in [0.29, 0.717) is 23.7 Å². The Hall–Kier alpha value is -2.89. The largest absolute Gasteiger partial charge is 0.491 e. The van der Waals surface area contributed by atoms with E-state index in [9.17, 15) is 9.59 Å². The van der Waals surface area contributed by atoms with E-state index in [1.54, 1.807) is 10.5 Å². The van der Waals surface area contributed by atoms with Crippen molar-refractivity contribution in [1.82, 2.24) is 14.2 Å². The molecule has 0 fully saturated rings. The molecule has 0 aliphatic carbocycles. The van der Waals surface area contributed by atoms with Crippen LogP contribution in [0.2, 0.25) is 0 Å². The van der Waals surface area contributed by atoms with Gasteiger partial charge in [-0.3, -0.25) is 14.0 Å². The summed E-state index contributed by atoms with van der Waals surface area (Å²) in [5, 5.41) is 5.22. The molecule has 0 aliphatic rings. The molecule has 0 radical (unpaired) electrons. The molecule has 3 aromatic rings. The highest BCUT2D eigenvalue weighted by Gasteiger charge is 2.17. The summed E-state index contributed by atoms with van der Waals surface area (Å²) < 4.78 is 8.37. The summed E-state index contributed by atoms with van der Waals surface area (Å²) in [5.74, 6) is 0.632. The summed E-state index contributed by atoms with van der Waals surface area (Å²) in [6.45, 7) is 7.52. The van der Waals surface area contributed by atoms with Crippen molar-refractivity contribution in [3.8, 4) is 0 Å². The van der Waals surface area contributed by atoms with E-state index in [0.717, 1.165) is 15.6 Å². The molecular formula is C17H17N3O3. The number of fused-ring (bicyclic) bond motifs is 3. The fourth-order valence-electron chi connectivity index (χ4n) is 2.61. The molecule has 1 aromatic carbocycles. The number of hydrogen-bond acceptors (Lipinski definition) is 4. The van der Waals surface area contributed by atoms with Gasteiger partial charge < -0.3 is 4.74 Å². The molecule has 0 atom stereocenters. The number of para-hydroxylation sites is 1. The predicted octanol–water partition coefficient (Wildman–Crippen LogP) is 2.25. The van der Waals surface area contributed by atoms with Gasteiger partial charge in [0.05, 0.1) is 12.1 Å². The Morgan fingerprint density at radius 3 is 2.74 bits per heavy atom. The number of carbonyl (C=O) groups is 1. The highest BCUT2D eigenvalue weighted by molar-refractivity contribution is 5.88. The summed E-state index contributed by atoms with van der Waals surface area (Å²) in [6, 6.07) is 9.41. The van der Waals surface area contributed by atoms with Crippen LogP contribution < -0.4 is 5.56 Å². The Morgan fingerprint density at radius 2 is 2.04 bits per heavy atom. The van der Waals surface area contributed by atoms with Crippen LogP contribution in [0.3, 0.4) is 0 Å². The highest BCUT2D eigenvalue weighted by Crippen LogP contribution is 2.22. The Kier molecular flexibility index (Phi) is 3.73. The first kappa shape index (κ1) is 15.0. The molecule has 3 rings (SSSR count). The van der Waals surface area contributed by atoms with Crippen LogP contribution >= 0.6 is 0 Å². The van der Waals surface area contributed by atoms with E-state index in [4.69, 9.17) is 4.74 Å². The second kappa shape index (κ2) is 5.72. The second-order valence-corrected chi connectivity index (χ2v) is 5.27. The quantitative estimate of drug-likeness (QED) is 0.678. The van der Waals surface area contributed by atoms with E-state index in [1.807, 2.05) is 31.2 Å². The molecule has 2 heterocycles. The molecule has 6 nitrogen and oxygen atoms in total. The summed E-state index contributed by atoms with van der Waals surface area (Å²) >= 11 is 0. The van der Waals surface area contributed by atoms with Crippen molar-refractivity contribution in [2.75, 3.05) is 6.61 Å². The molecule has 0 bridgehead atoms. The molecule has 0 N–H and O–H groups in total. The van der Waals surface area contributed by atoms with Crippen molar-refractivity contribution in [2.24, 2.45) is 0 Å². The zero-order valence-corrected chi connectivity index (χ0v) is 13.1. The predicted molar refractivity (Wildman–Crippen MR) is 88.3 cm³/mol. The number of benzene rings is 1. The molecular weight excluding hydrogens is 294 g/mol. The Balaban J connectivity index is 2.41. The van der Waals surface area contributed by atoms with Gasteiger partial charge in [-0.2, -0.15) is 0 Å². The van der Waals surface area contributed by atoms with Crippen LogP contribution in [-0.4, -0.2) is 26.6 Å². The monoisotopic (exact) mass is 311 g/mol. The van der Waals surface area contributed by atoms with E-state index in [2.05, 4.69) is 11.7 Å². The molecule has 0 saturated heterocycles. The number of nitrogens with zero attached hydrogens (tertiary/aromatic N) is 3. The molecule has 6 heteroatoms. The van der Waals surface area contributed by atoms with E-state index < -0.39 is 0 Å². The average Bonchev–Trinajstić information content (AvgIpc) is 2.90. The lowest BCUT2D eigenvalue weighted by Gasteiger charge is -2.12. The molecule has 0 saturated carbocycles. The van der Waals surface area contributed by atoms with Crippen molar-refractivity contribution in [3.63, 3.8) is 0 Å². The first-order chi connectivity index (χ1) is 11.0. The van der Waals surface area contributed by atoms with Gasteiger partial charge in [-0.25, -0.2) is 4.68 Å². The van der Waals surface area contributed by atoms with Crippen LogP contribution in [0, 0.1) is 0 Å².